The van der Waals surface area contributed by atoms with E-state index in [2.05, 4.69) is 20.5 Å². The van der Waals surface area contributed by atoms with E-state index in [4.69, 9.17) is 9.47 Å². The molecular formula is C20H26N4O4S. The Bertz CT molecular complexity index is 840. The molecule has 2 aromatic rings. The van der Waals surface area contributed by atoms with E-state index in [1.807, 2.05) is 6.92 Å². The molecule has 0 bridgehead atoms. The van der Waals surface area contributed by atoms with Crippen LogP contribution < -0.4 is 20.1 Å². The molecule has 2 N–H and O–H groups in total. The van der Waals surface area contributed by atoms with Crippen LogP contribution >= 0.6 is 11.3 Å². The molecular weight excluding hydrogens is 392 g/mol. The number of likely N-dealkylation sites (tertiary alicyclic amines) is 1. The van der Waals surface area contributed by atoms with Crippen molar-refractivity contribution in [2.75, 3.05) is 39.2 Å². The van der Waals surface area contributed by atoms with Gasteiger partial charge in [-0.25, -0.2) is 4.98 Å². The number of anilines is 1. The van der Waals surface area contributed by atoms with Gasteiger partial charge in [-0.2, -0.15) is 0 Å². The Hall–Kier alpha value is -2.65. The van der Waals surface area contributed by atoms with Crippen LogP contribution in [0.25, 0.3) is 0 Å². The van der Waals surface area contributed by atoms with Gasteiger partial charge in [0.1, 0.15) is 16.4 Å². The molecule has 8 nitrogen and oxygen atoms in total. The lowest BCUT2D eigenvalue weighted by Gasteiger charge is -2.31. The fourth-order valence-electron chi connectivity index (χ4n) is 3.29. The summed E-state index contributed by atoms with van der Waals surface area (Å²) in [6.07, 6.45) is 1.62. The van der Waals surface area contributed by atoms with Crippen molar-refractivity contribution in [1.82, 2.24) is 15.2 Å². The number of carbonyl (C=O) groups is 2. The predicted octanol–water partition coefficient (Wildman–Crippen LogP) is 2.30. The predicted molar refractivity (Wildman–Crippen MR) is 112 cm³/mol. The highest BCUT2D eigenvalue weighted by Gasteiger charge is 2.23. The summed E-state index contributed by atoms with van der Waals surface area (Å²) in [5.41, 5.74) is 3.08. The number of aryl methyl sites for hydroxylation is 1. The number of ether oxygens (including phenoxy) is 2. The van der Waals surface area contributed by atoms with Gasteiger partial charge in [0.15, 0.2) is 0 Å². The number of rotatable bonds is 7. The first-order chi connectivity index (χ1) is 14.0. The summed E-state index contributed by atoms with van der Waals surface area (Å²) < 4.78 is 10.5. The molecule has 1 aliphatic rings. The van der Waals surface area contributed by atoms with E-state index in [0.717, 1.165) is 31.6 Å². The van der Waals surface area contributed by atoms with Gasteiger partial charge in [0.2, 0.25) is 5.91 Å². The number of thiazole rings is 1. The molecule has 1 aromatic carbocycles. The van der Waals surface area contributed by atoms with Crippen LogP contribution in [0, 0.1) is 6.92 Å². The maximum absolute atomic E-state index is 12.4. The third-order valence-electron chi connectivity index (χ3n) is 4.88. The van der Waals surface area contributed by atoms with Crippen molar-refractivity contribution < 1.29 is 19.1 Å². The molecule has 1 saturated heterocycles. The van der Waals surface area contributed by atoms with Gasteiger partial charge in [-0.05, 0) is 19.8 Å². The number of amides is 2. The molecule has 156 valence electrons. The molecule has 1 aliphatic heterocycles. The monoisotopic (exact) mass is 418 g/mol. The largest absolute Gasteiger partial charge is 0.497 e. The minimum Gasteiger partial charge on any atom is -0.497 e. The fourth-order valence-corrected chi connectivity index (χ4v) is 3.99. The molecule has 0 unspecified atom stereocenters. The van der Waals surface area contributed by atoms with Crippen LogP contribution in [0.5, 0.6) is 11.5 Å². The van der Waals surface area contributed by atoms with E-state index < -0.39 is 0 Å². The number of benzene rings is 1. The van der Waals surface area contributed by atoms with Crippen LogP contribution in [0.4, 0.5) is 5.69 Å². The molecule has 0 radical (unpaired) electrons. The highest BCUT2D eigenvalue weighted by Crippen LogP contribution is 2.25. The van der Waals surface area contributed by atoms with Crippen molar-refractivity contribution in [2.45, 2.75) is 25.8 Å². The smallest absolute Gasteiger partial charge is 0.263 e. The summed E-state index contributed by atoms with van der Waals surface area (Å²) >= 11 is 1.36. The van der Waals surface area contributed by atoms with Crippen LogP contribution in [0.2, 0.25) is 0 Å². The summed E-state index contributed by atoms with van der Waals surface area (Å²) in [5.74, 6) is 1.08. The van der Waals surface area contributed by atoms with Crippen LogP contribution in [-0.2, 0) is 4.79 Å². The Kier molecular flexibility index (Phi) is 7.05. The molecule has 0 spiro atoms. The van der Waals surface area contributed by atoms with Gasteiger partial charge in [-0.15, -0.1) is 11.3 Å². The van der Waals surface area contributed by atoms with Gasteiger partial charge in [-0.1, -0.05) is 0 Å². The van der Waals surface area contributed by atoms with Crippen LogP contribution in [0.1, 0.15) is 28.2 Å². The molecule has 9 heteroatoms. The van der Waals surface area contributed by atoms with E-state index in [1.54, 1.807) is 37.9 Å². The van der Waals surface area contributed by atoms with Gasteiger partial charge < -0.3 is 20.1 Å². The molecule has 0 aliphatic carbocycles. The van der Waals surface area contributed by atoms with Crippen molar-refractivity contribution in [3.63, 3.8) is 0 Å². The number of nitrogens with one attached hydrogen (secondary N) is 2. The van der Waals surface area contributed by atoms with Crippen LogP contribution in [0.15, 0.2) is 23.7 Å². The number of aromatic nitrogens is 1. The lowest BCUT2D eigenvalue weighted by molar-refractivity contribution is -0.117. The number of hydrogen-bond acceptors (Lipinski definition) is 7. The van der Waals surface area contributed by atoms with Crippen molar-refractivity contribution in [3.8, 4) is 11.5 Å². The summed E-state index contributed by atoms with van der Waals surface area (Å²) in [7, 11) is 3.14. The van der Waals surface area contributed by atoms with E-state index in [-0.39, 0.29) is 17.9 Å². The third-order valence-corrected chi connectivity index (χ3v) is 5.80. The SMILES string of the molecule is COc1cc(NC(=O)CN2CCC(NC(=O)c3scnc3C)CC2)cc(OC)c1. The maximum Gasteiger partial charge on any atom is 0.263 e. The zero-order chi connectivity index (χ0) is 20.8. The Morgan fingerprint density at radius 1 is 1.17 bits per heavy atom. The van der Waals surface area contributed by atoms with E-state index in [1.165, 1.54) is 11.3 Å². The Morgan fingerprint density at radius 3 is 2.38 bits per heavy atom. The topological polar surface area (TPSA) is 92.8 Å². The van der Waals surface area contributed by atoms with Crippen molar-refractivity contribution >= 4 is 28.8 Å². The molecule has 1 fully saturated rings. The first kappa shape index (κ1) is 21.1. The minimum absolute atomic E-state index is 0.0619. The average molecular weight is 419 g/mol. The Balaban J connectivity index is 1.46. The third kappa shape index (κ3) is 5.68. The lowest BCUT2D eigenvalue weighted by atomic mass is 10.0. The zero-order valence-electron chi connectivity index (χ0n) is 16.9. The Morgan fingerprint density at radius 2 is 1.83 bits per heavy atom. The molecule has 3 rings (SSSR count). The molecule has 0 saturated carbocycles. The number of nitrogens with zero attached hydrogens (tertiary/aromatic N) is 2. The van der Waals surface area contributed by atoms with Crippen molar-refractivity contribution in [1.29, 1.82) is 0 Å². The summed E-state index contributed by atoms with van der Waals surface area (Å²) in [4.78, 5) is 31.6. The van der Waals surface area contributed by atoms with Crippen LogP contribution in [0.3, 0.4) is 0 Å². The second-order valence-electron chi connectivity index (χ2n) is 6.94. The van der Waals surface area contributed by atoms with Crippen molar-refractivity contribution in [2.24, 2.45) is 0 Å². The van der Waals surface area contributed by atoms with E-state index in [9.17, 15) is 9.59 Å². The molecule has 29 heavy (non-hydrogen) atoms. The standard InChI is InChI=1S/C20H26N4O4S/c1-13-19(29-12-21-13)20(26)23-14-4-6-24(7-5-14)11-18(25)22-15-8-16(27-2)10-17(9-15)28-3/h8-10,12,14H,4-7,11H2,1-3H3,(H,22,25)(H,23,26). The first-order valence-electron chi connectivity index (χ1n) is 9.44. The van der Waals surface area contributed by atoms with Crippen LogP contribution in [-0.4, -0.2) is 61.6 Å². The summed E-state index contributed by atoms with van der Waals surface area (Å²) in [6.45, 7) is 3.64. The number of piperidine rings is 1. The lowest BCUT2D eigenvalue weighted by Crippen LogP contribution is -2.46. The first-order valence-corrected chi connectivity index (χ1v) is 10.3. The summed E-state index contributed by atoms with van der Waals surface area (Å²) in [5, 5.41) is 5.97. The minimum atomic E-state index is -0.0944. The molecule has 2 heterocycles. The van der Waals surface area contributed by atoms with Gasteiger partial charge >= 0.3 is 0 Å². The second kappa shape index (κ2) is 9.71. The van der Waals surface area contributed by atoms with Gasteiger partial charge in [0, 0.05) is 43.0 Å². The van der Waals surface area contributed by atoms with Gasteiger partial charge in [-0.3, -0.25) is 14.5 Å². The normalized spacial score (nSPS) is 15.0. The van der Waals surface area contributed by atoms with Gasteiger partial charge in [0.25, 0.3) is 5.91 Å². The quantitative estimate of drug-likeness (QED) is 0.717. The van der Waals surface area contributed by atoms with Crippen molar-refractivity contribution in [3.05, 3.63) is 34.3 Å². The second-order valence-corrected chi connectivity index (χ2v) is 7.80. The molecule has 2 amide bonds. The van der Waals surface area contributed by atoms with E-state index >= 15 is 0 Å². The highest BCUT2D eigenvalue weighted by atomic mass is 32.1. The highest BCUT2D eigenvalue weighted by molar-refractivity contribution is 7.11. The number of methoxy groups -OCH3 is 2. The van der Waals surface area contributed by atoms with Gasteiger partial charge in [0.05, 0.1) is 32.0 Å². The average Bonchev–Trinajstić information content (AvgIpc) is 3.15. The van der Waals surface area contributed by atoms with E-state index in [0.29, 0.717) is 28.6 Å². The molecule has 0 atom stereocenters. The zero-order valence-corrected chi connectivity index (χ0v) is 17.7. The maximum atomic E-state index is 12.4. The summed E-state index contributed by atoms with van der Waals surface area (Å²) in [6, 6.07) is 5.38. The number of hydrogen-bond donors (Lipinski definition) is 2. The molecule has 1 aromatic heterocycles. The Labute approximate surface area is 174 Å². The number of carbonyl (C=O) groups excluding carboxylic acids is 2. The fraction of sp³-hybridized carbons (Fsp3) is 0.450.